The van der Waals surface area contributed by atoms with E-state index in [2.05, 4.69) is 0 Å². The van der Waals surface area contributed by atoms with Crippen LogP contribution in [0.4, 0.5) is 0 Å². The molecule has 6 nitrogen and oxygen atoms in total. The van der Waals surface area contributed by atoms with E-state index in [1.54, 1.807) is 57.2 Å². The molecule has 2 aromatic rings. The molecule has 2 spiro atoms. The van der Waals surface area contributed by atoms with Crippen LogP contribution < -0.4 is 4.74 Å². The zero-order valence-corrected chi connectivity index (χ0v) is 19.5. The predicted molar refractivity (Wildman–Crippen MR) is 128 cm³/mol. The van der Waals surface area contributed by atoms with Crippen molar-refractivity contribution in [1.29, 1.82) is 0 Å². The molecule has 3 N–H and O–H groups in total. The Bertz CT molecular complexity index is 1270. The number of rotatable bonds is 5. The zero-order chi connectivity index (χ0) is 24.5. The first-order chi connectivity index (χ1) is 16.0. The normalized spacial score (nSPS) is 19.9. The van der Waals surface area contributed by atoms with Crippen molar-refractivity contribution in [2.24, 2.45) is 5.41 Å². The van der Waals surface area contributed by atoms with Crippen molar-refractivity contribution in [3.05, 3.63) is 70.3 Å². The molecule has 0 saturated heterocycles. The molecule has 2 aliphatic carbocycles. The number of carbonyl (C=O) groups excluding carboxylic acids is 1. The van der Waals surface area contributed by atoms with Gasteiger partial charge in [0.15, 0.2) is 5.78 Å². The van der Waals surface area contributed by atoms with E-state index >= 15 is 0 Å². The minimum Gasteiger partial charge on any atom is -0.506 e. The summed E-state index contributed by atoms with van der Waals surface area (Å²) in [6.45, 7) is 5.05. The van der Waals surface area contributed by atoms with Crippen LogP contribution in [0.3, 0.4) is 0 Å². The average Bonchev–Trinajstić information content (AvgIpc) is 3.67. The van der Waals surface area contributed by atoms with Gasteiger partial charge in [0.2, 0.25) is 0 Å². The first-order valence-electron chi connectivity index (χ1n) is 11.6. The Morgan fingerprint density at radius 2 is 1.76 bits per heavy atom. The molecule has 2 saturated carbocycles. The molecule has 6 heteroatoms. The van der Waals surface area contributed by atoms with Gasteiger partial charge in [-0.2, -0.15) is 0 Å². The molecule has 0 amide bonds. The van der Waals surface area contributed by atoms with E-state index in [-0.39, 0.29) is 22.7 Å². The van der Waals surface area contributed by atoms with E-state index in [1.165, 1.54) is 0 Å². The second-order valence-corrected chi connectivity index (χ2v) is 10.2. The SMILES string of the molecule is Cc1c(/C=C\C(C)(C)O)c2c(c(O)c1/C(=C\C(=O)O)c1ccccc1)C(=O)C1(CC1)C1(CC1)O2. The monoisotopic (exact) mass is 460 g/mol. The van der Waals surface area contributed by atoms with Gasteiger partial charge in [0.25, 0.3) is 0 Å². The Morgan fingerprint density at radius 1 is 1.12 bits per heavy atom. The van der Waals surface area contributed by atoms with E-state index in [0.717, 1.165) is 31.8 Å². The highest BCUT2D eigenvalue weighted by Crippen LogP contribution is 2.71. The summed E-state index contributed by atoms with van der Waals surface area (Å²) in [5, 5.41) is 31.5. The summed E-state index contributed by atoms with van der Waals surface area (Å²) >= 11 is 0. The van der Waals surface area contributed by atoms with Crippen molar-refractivity contribution in [3.8, 4) is 11.5 Å². The molecule has 0 aromatic heterocycles. The molecular formula is C28H28O6. The first kappa shape index (κ1) is 22.4. The number of phenolic OH excluding ortho intramolecular Hbond substituents is 1. The van der Waals surface area contributed by atoms with Crippen LogP contribution in [0, 0.1) is 12.3 Å². The Hall–Kier alpha value is -3.38. The number of hydrogen-bond donors (Lipinski definition) is 3. The summed E-state index contributed by atoms with van der Waals surface area (Å²) in [6, 6.07) is 8.92. The Balaban J connectivity index is 1.82. The van der Waals surface area contributed by atoms with Crippen LogP contribution in [0.25, 0.3) is 11.6 Å². The Morgan fingerprint density at radius 3 is 2.29 bits per heavy atom. The van der Waals surface area contributed by atoms with Crippen LogP contribution in [0.15, 0.2) is 42.5 Å². The summed E-state index contributed by atoms with van der Waals surface area (Å²) in [5.74, 6) is -1.23. The number of phenols is 1. The molecule has 0 atom stereocenters. The molecule has 5 rings (SSSR count). The topological polar surface area (TPSA) is 104 Å². The maximum absolute atomic E-state index is 13.8. The van der Waals surface area contributed by atoms with Crippen LogP contribution in [0.2, 0.25) is 0 Å². The summed E-state index contributed by atoms with van der Waals surface area (Å²) < 4.78 is 6.51. The number of benzene rings is 2. The van der Waals surface area contributed by atoms with Crippen LogP contribution in [-0.4, -0.2) is 38.3 Å². The average molecular weight is 461 g/mol. The largest absolute Gasteiger partial charge is 0.506 e. The molecule has 1 heterocycles. The Labute approximate surface area is 198 Å². The van der Waals surface area contributed by atoms with Crippen molar-refractivity contribution in [1.82, 2.24) is 0 Å². The van der Waals surface area contributed by atoms with E-state index in [4.69, 9.17) is 4.74 Å². The number of fused-ring (bicyclic) bond motifs is 2. The molecule has 2 fully saturated rings. The highest BCUT2D eigenvalue weighted by Gasteiger charge is 2.74. The molecule has 176 valence electrons. The number of carboxylic acids is 1. The lowest BCUT2D eigenvalue weighted by Gasteiger charge is -2.36. The number of carbonyl (C=O) groups is 2. The quantitative estimate of drug-likeness (QED) is 0.549. The lowest BCUT2D eigenvalue weighted by molar-refractivity contribution is -0.131. The lowest BCUT2D eigenvalue weighted by atomic mass is 9.79. The van der Waals surface area contributed by atoms with Crippen molar-refractivity contribution in [2.75, 3.05) is 0 Å². The van der Waals surface area contributed by atoms with Gasteiger partial charge in [-0.25, -0.2) is 4.79 Å². The van der Waals surface area contributed by atoms with Crippen molar-refractivity contribution in [2.45, 2.75) is 57.7 Å². The number of aromatic hydroxyl groups is 1. The minimum atomic E-state index is -1.16. The van der Waals surface area contributed by atoms with Crippen molar-refractivity contribution < 1.29 is 29.6 Å². The molecule has 34 heavy (non-hydrogen) atoms. The minimum absolute atomic E-state index is 0.109. The molecule has 2 aromatic carbocycles. The lowest BCUT2D eigenvalue weighted by Crippen LogP contribution is -2.42. The third-order valence-corrected chi connectivity index (χ3v) is 7.29. The van der Waals surface area contributed by atoms with Gasteiger partial charge in [-0.05, 0) is 57.6 Å². The first-order valence-corrected chi connectivity index (χ1v) is 11.6. The van der Waals surface area contributed by atoms with Gasteiger partial charge in [0.05, 0.1) is 11.0 Å². The summed E-state index contributed by atoms with van der Waals surface area (Å²) in [4.78, 5) is 25.6. The van der Waals surface area contributed by atoms with Gasteiger partial charge in [-0.15, -0.1) is 0 Å². The summed E-state index contributed by atoms with van der Waals surface area (Å²) in [7, 11) is 0. The maximum atomic E-state index is 13.8. The van der Waals surface area contributed by atoms with Gasteiger partial charge in [0.1, 0.15) is 22.7 Å². The number of aliphatic carboxylic acids is 1. The van der Waals surface area contributed by atoms with Crippen LogP contribution in [0.1, 0.15) is 72.1 Å². The fraction of sp³-hybridized carbons (Fsp3) is 0.357. The van der Waals surface area contributed by atoms with E-state index in [0.29, 0.717) is 28.0 Å². The standard InChI is InChI=1S/C28H28O6/c1-16-18(9-10-26(2,3)33)24-22(25(32)27(11-12-27)28(34-24)13-14-28)23(31)21(16)19(15-20(29)30)17-7-5-4-6-8-17/h4-10,15,31,33H,11-14H2,1-3H3,(H,29,30)/b10-9-,19-15-. The van der Waals surface area contributed by atoms with Crippen molar-refractivity contribution in [3.63, 3.8) is 0 Å². The number of aliphatic hydroxyl groups is 1. The molecule has 1 aliphatic heterocycles. The second-order valence-electron chi connectivity index (χ2n) is 10.2. The molecule has 0 radical (unpaired) electrons. The van der Waals surface area contributed by atoms with Crippen LogP contribution >= 0.6 is 0 Å². The van der Waals surface area contributed by atoms with E-state index < -0.39 is 22.6 Å². The van der Waals surface area contributed by atoms with Crippen LogP contribution in [0.5, 0.6) is 11.5 Å². The smallest absolute Gasteiger partial charge is 0.328 e. The number of ether oxygens (including phenoxy) is 1. The second kappa shape index (κ2) is 7.31. The van der Waals surface area contributed by atoms with E-state index in [1.807, 2.05) is 6.07 Å². The highest BCUT2D eigenvalue weighted by molar-refractivity contribution is 6.12. The number of ketones is 1. The van der Waals surface area contributed by atoms with Gasteiger partial charge in [-0.1, -0.05) is 42.5 Å². The molecule has 3 aliphatic rings. The van der Waals surface area contributed by atoms with E-state index in [9.17, 15) is 24.9 Å². The van der Waals surface area contributed by atoms with Crippen molar-refractivity contribution >= 4 is 23.4 Å². The van der Waals surface area contributed by atoms with Crippen LogP contribution in [-0.2, 0) is 4.79 Å². The van der Waals surface area contributed by atoms with Gasteiger partial charge in [-0.3, -0.25) is 4.79 Å². The maximum Gasteiger partial charge on any atom is 0.328 e. The molecule has 0 bridgehead atoms. The van der Waals surface area contributed by atoms with Gasteiger partial charge >= 0.3 is 5.97 Å². The third-order valence-electron chi connectivity index (χ3n) is 7.29. The Kier molecular flexibility index (Phi) is 4.82. The fourth-order valence-electron chi connectivity index (χ4n) is 5.27. The highest BCUT2D eigenvalue weighted by atomic mass is 16.5. The third kappa shape index (κ3) is 3.36. The van der Waals surface area contributed by atoms with Gasteiger partial charge in [0, 0.05) is 22.8 Å². The fourth-order valence-corrected chi connectivity index (χ4v) is 5.27. The number of Topliss-reactive ketones (excluding diaryl/α,β-unsaturated/α-hetero) is 1. The van der Waals surface area contributed by atoms with Gasteiger partial charge < -0.3 is 20.1 Å². The summed E-state index contributed by atoms with van der Waals surface area (Å²) in [6.07, 6.45) is 7.39. The zero-order valence-electron chi connectivity index (χ0n) is 19.5. The number of hydrogen-bond acceptors (Lipinski definition) is 5. The summed E-state index contributed by atoms with van der Waals surface area (Å²) in [5.41, 5.74) is 0.178. The molecule has 0 unspecified atom stereocenters. The predicted octanol–water partition coefficient (Wildman–Crippen LogP) is 4.89. The number of carboxylic acid groups (broad SMARTS) is 1. The molecular weight excluding hydrogens is 432 g/mol.